The van der Waals surface area contributed by atoms with E-state index in [2.05, 4.69) is 6.58 Å². The van der Waals surface area contributed by atoms with Gasteiger partial charge in [0.15, 0.2) is 5.22 Å². The van der Waals surface area contributed by atoms with E-state index >= 15 is 0 Å². The second-order valence-electron chi connectivity index (χ2n) is 2.98. The fraction of sp³-hybridized carbons (Fsp3) is 0.400. The molecule has 1 aromatic heterocycles. The molecule has 0 radical (unpaired) electrons. The van der Waals surface area contributed by atoms with Crippen LogP contribution in [0.1, 0.15) is 30.9 Å². The number of hydrogen-bond acceptors (Lipinski definition) is 2. The number of furan rings is 1. The van der Waals surface area contributed by atoms with Gasteiger partial charge in [-0.05, 0) is 36.9 Å². The summed E-state index contributed by atoms with van der Waals surface area (Å²) < 4.78 is 4.96. The van der Waals surface area contributed by atoms with Gasteiger partial charge in [0.05, 0.1) is 6.26 Å². The Labute approximate surface area is 83.4 Å². The van der Waals surface area contributed by atoms with Gasteiger partial charge >= 0.3 is 0 Å². The third kappa shape index (κ3) is 2.90. The van der Waals surface area contributed by atoms with Gasteiger partial charge in [-0.25, -0.2) is 0 Å². The monoisotopic (exact) mass is 199 g/mol. The number of halogens is 1. The van der Waals surface area contributed by atoms with Gasteiger partial charge < -0.3 is 10.2 Å². The SMILES string of the molecule is C=CCCCC(N)c1ccoc1Cl. The fourth-order valence-corrected chi connectivity index (χ4v) is 1.46. The largest absolute Gasteiger partial charge is 0.453 e. The standard InChI is InChI=1S/C10H14ClNO/c1-2-3-4-5-9(12)8-6-7-13-10(8)11/h2,6-7,9H,1,3-5,12H2. The molecule has 0 aliphatic heterocycles. The van der Waals surface area contributed by atoms with E-state index in [1.54, 1.807) is 6.26 Å². The van der Waals surface area contributed by atoms with Crippen LogP contribution in [-0.4, -0.2) is 0 Å². The topological polar surface area (TPSA) is 39.2 Å². The molecular formula is C10H14ClNO. The van der Waals surface area contributed by atoms with Gasteiger partial charge in [0.25, 0.3) is 0 Å². The van der Waals surface area contributed by atoms with Crippen molar-refractivity contribution in [3.8, 4) is 0 Å². The highest BCUT2D eigenvalue weighted by atomic mass is 35.5. The minimum absolute atomic E-state index is 0.0220. The third-order valence-electron chi connectivity index (χ3n) is 1.97. The van der Waals surface area contributed by atoms with Crippen molar-refractivity contribution in [1.82, 2.24) is 0 Å². The molecule has 0 saturated carbocycles. The van der Waals surface area contributed by atoms with E-state index in [0.717, 1.165) is 24.8 Å². The van der Waals surface area contributed by atoms with Gasteiger partial charge in [-0.3, -0.25) is 0 Å². The van der Waals surface area contributed by atoms with E-state index in [4.69, 9.17) is 21.8 Å². The average molecular weight is 200 g/mol. The molecule has 1 aromatic rings. The molecule has 0 bridgehead atoms. The zero-order valence-electron chi connectivity index (χ0n) is 7.50. The summed E-state index contributed by atoms with van der Waals surface area (Å²) in [6, 6.07) is 1.80. The van der Waals surface area contributed by atoms with Crippen molar-refractivity contribution in [2.24, 2.45) is 5.73 Å². The van der Waals surface area contributed by atoms with Crippen LogP contribution in [0.15, 0.2) is 29.4 Å². The Morgan fingerprint density at radius 2 is 2.46 bits per heavy atom. The fourth-order valence-electron chi connectivity index (χ4n) is 1.21. The Bertz CT molecular complexity index is 270. The van der Waals surface area contributed by atoms with Crippen LogP contribution in [0.25, 0.3) is 0 Å². The summed E-state index contributed by atoms with van der Waals surface area (Å²) in [5.41, 5.74) is 6.80. The summed E-state index contributed by atoms with van der Waals surface area (Å²) in [6.45, 7) is 3.65. The average Bonchev–Trinajstić information content (AvgIpc) is 2.52. The zero-order valence-corrected chi connectivity index (χ0v) is 8.26. The van der Waals surface area contributed by atoms with E-state index in [9.17, 15) is 0 Å². The van der Waals surface area contributed by atoms with Crippen molar-refractivity contribution in [2.75, 3.05) is 0 Å². The normalized spacial score (nSPS) is 12.8. The van der Waals surface area contributed by atoms with Crippen LogP contribution in [-0.2, 0) is 0 Å². The summed E-state index contributed by atoms with van der Waals surface area (Å²) in [5.74, 6) is 0. The van der Waals surface area contributed by atoms with Gasteiger partial charge in [-0.15, -0.1) is 6.58 Å². The quantitative estimate of drug-likeness (QED) is 0.584. The first kappa shape index (κ1) is 10.4. The molecule has 3 heteroatoms. The van der Waals surface area contributed by atoms with E-state index in [0.29, 0.717) is 5.22 Å². The summed E-state index contributed by atoms with van der Waals surface area (Å²) in [7, 11) is 0. The van der Waals surface area contributed by atoms with E-state index in [1.807, 2.05) is 12.1 Å². The van der Waals surface area contributed by atoms with Gasteiger partial charge in [0.1, 0.15) is 0 Å². The summed E-state index contributed by atoms with van der Waals surface area (Å²) in [6.07, 6.45) is 6.38. The minimum atomic E-state index is -0.0220. The van der Waals surface area contributed by atoms with Crippen LogP contribution in [0.5, 0.6) is 0 Å². The first-order chi connectivity index (χ1) is 6.25. The predicted molar refractivity (Wildman–Crippen MR) is 54.7 cm³/mol. The molecule has 2 N–H and O–H groups in total. The van der Waals surface area contributed by atoms with Crippen molar-refractivity contribution in [3.05, 3.63) is 35.8 Å². The van der Waals surface area contributed by atoms with Crippen LogP contribution in [0, 0.1) is 0 Å². The number of unbranched alkanes of at least 4 members (excludes halogenated alkanes) is 1. The second-order valence-corrected chi connectivity index (χ2v) is 3.32. The van der Waals surface area contributed by atoms with E-state index < -0.39 is 0 Å². The molecule has 13 heavy (non-hydrogen) atoms. The van der Waals surface area contributed by atoms with Crippen molar-refractivity contribution < 1.29 is 4.42 Å². The lowest BCUT2D eigenvalue weighted by atomic mass is 10.1. The highest BCUT2D eigenvalue weighted by Gasteiger charge is 2.11. The molecule has 0 amide bonds. The molecule has 1 unspecified atom stereocenters. The zero-order chi connectivity index (χ0) is 9.68. The molecule has 1 atom stereocenters. The van der Waals surface area contributed by atoms with Crippen LogP contribution in [0.4, 0.5) is 0 Å². The van der Waals surface area contributed by atoms with Gasteiger partial charge in [0, 0.05) is 11.6 Å². The van der Waals surface area contributed by atoms with E-state index in [1.165, 1.54) is 0 Å². The highest BCUT2D eigenvalue weighted by molar-refractivity contribution is 6.29. The molecule has 0 spiro atoms. The first-order valence-corrected chi connectivity index (χ1v) is 4.73. The number of rotatable bonds is 5. The van der Waals surface area contributed by atoms with Crippen molar-refractivity contribution >= 4 is 11.6 Å². The molecule has 1 rings (SSSR count). The Balaban J connectivity index is 2.44. The lowest BCUT2D eigenvalue weighted by Crippen LogP contribution is -2.09. The Hall–Kier alpha value is -0.730. The highest BCUT2D eigenvalue weighted by Crippen LogP contribution is 2.25. The Morgan fingerprint density at radius 3 is 3.00 bits per heavy atom. The maximum Gasteiger partial charge on any atom is 0.197 e. The van der Waals surface area contributed by atoms with Crippen LogP contribution < -0.4 is 5.73 Å². The lowest BCUT2D eigenvalue weighted by molar-refractivity contribution is 0.553. The van der Waals surface area contributed by atoms with Gasteiger partial charge in [-0.2, -0.15) is 0 Å². The van der Waals surface area contributed by atoms with Crippen molar-refractivity contribution in [1.29, 1.82) is 0 Å². The number of allylic oxidation sites excluding steroid dienone is 1. The lowest BCUT2D eigenvalue weighted by Gasteiger charge is -2.08. The Kier molecular flexibility index (Phi) is 4.06. The molecule has 2 nitrogen and oxygen atoms in total. The summed E-state index contributed by atoms with van der Waals surface area (Å²) in [4.78, 5) is 0. The first-order valence-electron chi connectivity index (χ1n) is 4.35. The molecule has 0 aromatic carbocycles. The number of hydrogen-bond donors (Lipinski definition) is 1. The molecule has 0 fully saturated rings. The maximum absolute atomic E-state index is 5.90. The van der Waals surface area contributed by atoms with Crippen molar-refractivity contribution in [2.45, 2.75) is 25.3 Å². The summed E-state index contributed by atoms with van der Waals surface area (Å²) >= 11 is 5.78. The number of nitrogens with two attached hydrogens (primary N) is 1. The van der Waals surface area contributed by atoms with Crippen molar-refractivity contribution in [3.63, 3.8) is 0 Å². The molecular weight excluding hydrogens is 186 g/mol. The van der Waals surface area contributed by atoms with Crippen LogP contribution in [0.2, 0.25) is 5.22 Å². The van der Waals surface area contributed by atoms with Crippen LogP contribution >= 0.6 is 11.6 Å². The summed E-state index contributed by atoms with van der Waals surface area (Å²) in [5, 5.41) is 0.408. The maximum atomic E-state index is 5.90. The predicted octanol–water partition coefficient (Wildman–Crippen LogP) is 3.29. The minimum Gasteiger partial charge on any atom is -0.453 e. The van der Waals surface area contributed by atoms with Gasteiger partial charge in [0.2, 0.25) is 0 Å². The van der Waals surface area contributed by atoms with Gasteiger partial charge in [-0.1, -0.05) is 6.08 Å². The Morgan fingerprint density at radius 1 is 1.69 bits per heavy atom. The molecule has 0 saturated heterocycles. The molecule has 0 aliphatic rings. The molecule has 0 aliphatic carbocycles. The third-order valence-corrected chi connectivity index (χ3v) is 2.28. The molecule has 1 heterocycles. The molecule has 72 valence electrons. The van der Waals surface area contributed by atoms with E-state index in [-0.39, 0.29) is 6.04 Å². The van der Waals surface area contributed by atoms with Crippen LogP contribution in [0.3, 0.4) is 0 Å². The smallest absolute Gasteiger partial charge is 0.197 e. The second kappa shape index (κ2) is 5.10.